The maximum Gasteiger partial charge on any atom is 0.239 e. The van der Waals surface area contributed by atoms with Crippen LogP contribution in [0.5, 0.6) is 0 Å². The normalized spacial score (nSPS) is 11.0. The molecule has 0 unspecified atom stereocenters. The first-order valence-corrected chi connectivity index (χ1v) is 18.6. The number of aromatic nitrogens is 8. The molecule has 4 aromatic heterocycles. The Morgan fingerprint density at radius 3 is 1.23 bits per heavy atom. The molecule has 0 N–H and O–H groups in total. The van der Waals surface area contributed by atoms with Crippen molar-refractivity contribution in [2.75, 3.05) is 0 Å². The van der Waals surface area contributed by atoms with Crippen LogP contribution in [0.1, 0.15) is 0 Å². The van der Waals surface area contributed by atoms with Gasteiger partial charge in [-0.2, -0.15) is 19.9 Å². The molecule has 0 aliphatic rings. The molecule has 4 heterocycles. The minimum Gasteiger partial charge on any atom is -0.285 e. The lowest BCUT2D eigenvalue weighted by atomic mass is 10.2. The molecule has 0 spiro atoms. The molecule has 0 amide bonds. The second-order valence-corrected chi connectivity index (χ2v) is 13.5. The van der Waals surface area contributed by atoms with Crippen LogP contribution in [0.2, 0.25) is 10.2 Å². The van der Waals surface area contributed by atoms with Gasteiger partial charge in [0, 0.05) is 39.2 Å². The Balaban J connectivity index is 0.000000147. The lowest BCUT2D eigenvalue weighted by Gasteiger charge is -2.10. The number of halogens is 2. The molecule has 0 aliphatic carbocycles. The van der Waals surface area contributed by atoms with E-state index in [1.54, 1.807) is 4.57 Å². The van der Waals surface area contributed by atoms with E-state index in [0.29, 0.717) is 45.4 Å². The predicted octanol–water partition coefficient (Wildman–Crippen LogP) is 11.6. The SMILES string of the molecule is Clc1c(Cl)n(-c2nc(-c3ccccc3)nc(-c3ccccc3)n2)c2ccccc12.c1ccc(-c2nc(-c3ccccc3)nc(-n3ccc4ccccc43)n2)cc1. The number of benzene rings is 6. The van der Waals surface area contributed by atoms with Crippen LogP contribution in [0.4, 0.5) is 0 Å². The lowest BCUT2D eigenvalue weighted by molar-refractivity contribution is 0.933. The van der Waals surface area contributed by atoms with Gasteiger partial charge in [0.25, 0.3) is 0 Å². The highest BCUT2D eigenvalue weighted by Crippen LogP contribution is 2.36. The van der Waals surface area contributed by atoms with E-state index in [4.69, 9.17) is 53.1 Å². The highest BCUT2D eigenvalue weighted by Gasteiger charge is 2.20. The van der Waals surface area contributed by atoms with Crippen LogP contribution >= 0.6 is 23.2 Å². The molecule has 10 aromatic rings. The van der Waals surface area contributed by atoms with Gasteiger partial charge in [0.05, 0.1) is 16.1 Å². The highest BCUT2D eigenvalue weighted by molar-refractivity contribution is 6.45. The third kappa shape index (κ3) is 6.91. The standard InChI is InChI=1S/C23H14Cl2N4.C23H16N4/c24-19-17-13-7-8-14-18(17)29(20(19)25)23-27-21(15-9-3-1-4-10-15)26-22(28-23)16-11-5-2-6-12-16;1-3-10-18(11-4-1)21-24-22(19-12-5-2-6-13-19)26-23(25-21)27-16-15-17-9-7-8-14-20(17)27/h1-14H;1-16H. The van der Waals surface area contributed by atoms with Crippen molar-refractivity contribution in [1.82, 2.24) is 39.0 Å². The van der Waals surface area contributed by atoms with Crippen molar-refractivity contribution in [2.24, 2.45) is 0 Å². The van der Waals surface area contributed by atoms with Gasteiger partial charge in [-0.3, -0.25) is 9.13 Å². The van der Waals surface area contributed by atoms with Gasteiger partial charge in [0.15, 0.2) is 23.3 Å². The first kappa shape index (κ1) is 34.7. The van der Waals surface area contributed by atoms with Crippen LogP contribution < -0.4 is 0 Å². The average Bonchev–Trinajstić information content (AvgIpc) is 3.83. The van der Waals surface area contributed by atoms with Crippen LogP contribution in [0, 0.1) is 0 Å². The van der Waals surface area contributed by atoms with Crippen molar-refractivity contribution in [3.63, 3.8) is 0 Å². The molecule has 268 valence electrons. The number of nitrogens with zero attached hydrogens (tertiary/aromatic N) is 8. The van der Waals surface area contributed by atoms with E-state index in [1.807, 2.05) is 168 Å². The summed E-state index contributed by atoms with van der Waals surface area (Å²) in [5.74, 6) is 3.50. The quantitative estimate of drug-likeness (QED) is 0.167. The van der Waals surface area contributed by atoms with Crippen LogP contribution in [0.3, 0.4) is 0 Å². The van der Waals surface area contributed by atoms with Gasteiger partial charge in [-0.15, -0.1) is 0 Å². The highest BCUT2D eigenvalue weighted by atomic mass is 35.5. The number of para-hydroxylation sites is 2. The third-order valence-electron chi connectivity index (χ3n) is 9.15. The monoisotopic (exact) mass is 764 g/mol. The van der Waals surface area contributed by atoms with Crippen molar-refractivity contribution in [1.29, 1.82) is 0 Å². The molecule has 8 nitrogen and oxygen atoms in total. The second kappa shape index (κ2) is 15.4. The molecule has 0 atom stereocenters. The summed E-state index contributed by atoms with van der Waals surface area (Å²) in [5, 5.41) is 2.85. The summed E-state index contributed by atoms with van der Waals surface area (Å²) in [6.45, 7) is 0. The molecular formula is C46H30Cl2N8. The largest absolute Gasteiger partial charge is 0.285 e. The summed E-state index contributed by atoms with van der Waals surface area (Å²) in [6, 6.07) is 57.6. The Kier molecular flexibility index (Phi) is 9.55. The van der Waals surface area contributed by atoms with Gasteiger partial charge in [-0.1, -0.05) is 181 Å². The fraction of sp³-hybridized carbons (Fsp3) is 0. The molecule has 6 aromatic carbocycles. The fourth-order valence-electron chi connectivity index (χ4n) is 6.42. The molecule has 0 bridgehead atoms. The van der Waals surface area contributed by atoms with Crippen molar-refractivity contribution >= 4 is 45.0 Å². The van der Waals surface area contributed by atoms with Crippen molar-refractivity contribution in [3.05, 3.63) is 192 Å². The van der Waals surface area contributed by atoms with Crippen molar-refractivity contribution in [2.45, 2.75) is 0 Å². The van der Waals surface area contributed by atoms with Crippen LogP contribution in [-0.2, 0) is 0 Å². The number of hydrogen-bond donors (Lipinski definition) is 0. The Labute approximate surface area is 332 Å². The van der Waals surface area contributed by atoms with Gasteiger partial charge >= 0.3 is 0 Å². The zero-order valence-electron chi connectivity index (χ0n) is 29.7. The predicted molar refractivity (Wildman–Crippen MR) is 225 cm³/mol. The van der Waals surface area contributed by atoms with Gasteiger partial charge in [0.2, 0.25) is 11.9 Å². The van der Waals surface area contributed by atoms with E-state index >= 15 is 0 Å². The topological polar surface area (TPSA) is 87.2 Å². The maximum absolute atomic E-state index is 6.60. The Hall–Kier alpha value is -7.00. The van der Waals surface area contributed by atoms with Crippen LogP contribution in [-0.4, -0.2) is 39.0 Å². The summed E-state index contributed by atoms with van der Waals surface area (Å²) in [7, 11) is 0. The lowest BCUT2D eigenvalue weighted by Crippen LogP contribution is -2.06. The van der Waals surface area contributed by atoms with E-state index in [-0.39, 0.29) is 0 Å². The molecule has 0 saturated carbocycles. The first-order chi connectivity index (χ1) is 27.6. The summed E-state index contributed by atoms with van der Waals surface area (Å²) < 4.78 is 3.77. The molecular weight excluding hydrogens is 735 g/mol. The Bertz CT molecular complexity index is 2820. The van der Waals surface area contributed by atoms with E-state index in [0.717, 1.165) is 44.1 Å². The number of fused-ring (bicyclic) bond motifs is 2. The summed E-state index contributed by atoms with van der Waals surface area (Å²) in [4.78, 5) is 28.4. The number of rotatable bonds is 6. The minimum atomic E-state index is 0.372. The molecule has 0 aliphatic heterocycles. The maximum atomic E-state index is 6.60. The average molecular weight is 766 g/mol. The van der Waals surface area contributed by atoms with E-state index < -0.39 is 0 Å². The van der Waals surface area contributed by atoms with Gasteiger partial charge in [0.1, 0.15) is 5.15 Å². The van der Waals surface area contributed by atoms with Crippen LogP contribution in [0.25, 0.3) is 79.3 Å². The zero-order chi connectivity index (χ0) is 37.8. The van der Waals surface area contributed by atoms with Gasteiger partial charge in [-0.05, 0) is 18.2 Å². The molecule has 56 heavy (non-hydrogen) atoms. The smallest absolute Gasteiger partial charge is 0.239 e. The fourth-order valence-corrected chi connectivity index (χ4v) is 6.94. The minimum absolute atomic E-state index is 0.372. The Morgan fingerprint density at radius 1 is 0.357 bits per heavy atom. The molecule has 10 heteroatoms. The third-order valence-corrected chi connectivity index (χ3v) is 9.99. The summed E-state index contributed by atoms with van der Waals surface area (Å²) in [5.41, 5.74) is 5.64. The van der Waals surface area contributed by atoms with E-state index in [2.05, 4.69) is 18.2 Å². The molecule has 0 fully saturated rings. The Morgan fingerprint density at radius 2 is 0.750 bits per heavy atom. The van der Waals surface area contributed by atoms with Gasteiger partial charge in [-0.25, -0.2) is 9.97 Å². The van der Waals surface area contributed by atoms with E-state index in [1.165, 1.54) is 0 Å². The van der Waals surface area contributed by atoms with Crippen molar-refractivity contribution < 1.29 is 0 Å². The van der Waals surface area contributed by atoms with Crippen LogP contribution in [0.15, 0.2) is 182 Å². The summed E-state index contributed by atoms with van der Waals surface area (Å²) >= 11 is 13.1. The van der Waals surface area contributed by atoms with E-state index in [9.17, 15) is 0 Å². The number of hydrogen-bond acceptors (Lipinski definition) is 6. The summed E-state index contributed by atoms with van der Waals surface area (Å²) in [6.07, 6.45) is 2.00. The molecule has 0 radical (unpaired) electrons. The first-order valence-electron chi connectivity index (χ1n) is 17.9. The second-order valence-electron chi connectivity index (χ2n) is 12.7. The van der Waals surface area contributed by atoms with Crippen molar-refractivity contribution in [3.8, 4) is 57.4 Å². The molecule has 0 saturated heterocycles. The molecule has 10 rings (SSSR count). The van der Waals surface area contributed by atoms with Gasteiger partial charge < -0.3 is 0 Å². The zero-order valence-corrected chi connectivity index (χ0v) is 31.2.